The summed E-state index contributed by atoms with van der Waals surface area (Å²) in [6.07, 6.45) is 0.507. The molecule has 34 heavy (non-hydrogen) atoms. The van der Waals surface area contributed by atoms with Crippen LogP contribution in [0.25, 0.3) is 0 Å². The van der Waals surface area contributed by atoms with Crippen LogP contribution in [0.5, 0.6) is 11.5 Å². The monoisotopic (exact) mass is 474 g/mol. The largest absolute Gasteiger partial charge is 0.504 e. The average Bonchev–Trinajstić information content (AvgIpc) is 2.75. The van der Waals surface area contributed by atoms with Crippen molar-refractivity contribution in [1.29, 1.82) is 0 Å². The number of carbonyl (C=O) groups excluding carboxylic acids is 1. The second kappa shape index (κ2) is 9.51. The van der Waals surface area contributed by atoms with Crippen LogP contribution in [0.4, 0.5) is 0 Å². The summed E-state index contributed by atoms with van der Waals surface area (Å²) in [5.74, 6) is 1.07. The molecule has 7 heteroatoms. The third-order valence-corrected chi connectivity index (χ3v) is 7.75. The molecule has 0 radical (unpaired) electrons. The van der Waals surface area contributed by atoms with Crippen molar-refractivity contribution in [2.75, 3.05) is 6.61 Å². The van der Waals surface area contributed by atoms with E-state index in [4.69, 9.17) is 14.2 Å². The lowest BCUT2D eigenvalue weighted by Crippen LogP contribution is -2.56. The molecule has 0 amide bonds. The van der Waals surface area contributed by atoms with Crippen molar-refractivity contribution in [3.63, 3.8) is 0 Å². The molecule has 188 valence electrons. The number of aromatic hydroxyl groups is 1. The fourth-order valence-corrected chi connectivity index (χ4v) is 6.23. The Hall–Kier alpha value is -2.09. The number of ether oxygens (including phenoxy) is 3. The van der Waals surface area contributed by atoms with Gasteiger partial charge in [0.2, 0.25) is 6.29 Å². The van der Waals surface area contributed by atoms with Gasteiger partial charge < -0.3 is 29.5 Å². The number of phenols is 1. The minimum atomic E-state index is -1.40. The van der Waals surface area contributed by atoms with Crippen LogP contribution in [-0.2, 0) is 14.3 Å². The molecule has 1 heterocycles. The SMILES string of the molecule is CC(=O)O[C@H]1[C@H](O)[C@@H](Oc2c(O)c(C)c3c4c2[C@@H](C)CC[C@@H]4[C@@H](C)C[C@@H]3C=C(C)C)OC[C@@H]1O. The number of carbonyl (C=O) groups is 1. The van der Waals surface area contributed by atoms with Gasteiger partial charge in [-0.3, -0.25) is 4.79 Å². The van der Waals surface area contributed by atoms with Gasteiger partial charge >= 0.3 is 5.97 Å². The molecule has 0 aromatic heterocycles. The number of phenolic OH excluding ortho intramolecular Hbond substituents is 1. The number of rotatable bonds is 4. The minimum Gasteiger partial charge on any atom is -0.504 e. The average molecular weight is 475 g/mol. The normalized spacial score (nSPS) is 34.7. The van der Waals surface area contributed by atoms with Gasteiger partial charge in [0.25, 0.3) is 0 Å². The third kappa shape index (κ3) is 4.34. The maximum Gasteiger partial charge on any atom is 0.303 e. The van der Waals surface area contributed by atoms with Gasteiger partial charge in [-0.1, -0.05) is 25.5 Å². The number of aliphatic hydroxyl groups is 2. The van der Waals surface area contributed by atoms with Crippen LogP contribution in [0.2, 0.25) is 0 Å². The molecule has 3 aliphatic rings. The summed E-state index contributed by atoms with van der Waals surface area (Å²) in [6, 6.07) is 0. The van der Waals surface area contributed by atoms with Gasteiger partial charge in [0.1, 0.15) is 6.10 Å². The van der Waals surface area contributed by atoms with E-state index in [9.17, 15) is 20.1 Å². The fourth-order valence-electron chi connectivity index (χ4n) is 6.23. The van der Waals surface area contributed by atoms with E-state index in [0.29, 0.717) is 17.6 Å². The fraction of sp³-hybridized carbons (Fsp3) is 0.667. The highest BCUT2D eigenvalue weighted by atomic mass is 16.7. The molecule has 8 atom stereocenters. The van der Waals surface area contributed by atoms with Crippen molar-refractivity contribution in [1.82, 2.24) is 0 Å². The number of hydrogen-bond donors (Lipinski definition) is 3. The van der Waals surface area contributed by atoms with Crippen LogP contribution in [0.3, 0.4) is 0 Å². The second-order valence-corrected chi connectivity index (χ2v) is 10.6. The van der Waals surface area contributed by atoms with Gasteiger partial charge in [0, 0.05) is 18.4 Å². The van der Waals surface area contributed by atoms with Gasteiger partial charge in [-0.25, -0.2) is 0 Å². The molecule has 0 bridgehead atoms. The lowest BCUT2D eigenvalue weighted by Gasteiger charge is -2.44. The molecule has 1 aromatic rings. The maximum atomic E-state index is 11.5. The maximum absolute atomic E-state index is 11.5. The number of aliphatic hydroxyl groups excluding tert-OH is 2. The van der Waals surface area contributed by atoms with E-state index in [-0.39, 0.29) is 24.2 Å². The van der Waals surface area contributed by atoms with E-state index in [1.807, 2.05) is 6.92 Å². The molecule has 1 fully saturated rings. The Kier molecular flexibility index (Phi) is 7.00. The van der Waals surface area contributed by atoms with E-state index in [1.165, 1.54) is 23.6 Å². The summed E-state index contributed by atoms with van der Waals surface area (Å²) in [7, 11) is 0. The van der Waals surface area contributed by atoms with E-state index in [1.54, 1.807) is 0 Å². The number of esters is 1. The number of hydrogen-bond acceptors (Lipinski definition) is 7. The van der Waals surface area contributed by atoms with Crippen molar-refractivity contribution in [3.05, 3.63) is 33.9 Å². The lowest BCUT2D eigenvalue weighted by atomic mass is 9.62. The third-order valence-electron chi connectivity index (χ3n) is 7.75. The molecule has 0 unspecified atom stereocenters. The summed E-state index contributed by atoms with van der Waals surface area (Å²) >= 11 is 0. The first-order valence-electron chi connectivity index (χ1n) is 12.4. The Morgan fingerprint density at radius 1 is 1.09 bits per heavy atom. The van der Waals surface area contributed by atoms with Crippen molar-refractivity contribution in [2.24, 2.45) is 5.92 Å². The van der Waals surface area contributed by atoms with Crippen LogP contribution in [0.1, 0.15) is 93.9 Å². The standard InChI is InChI=1S/C27H38O7/c1-12(2)9-17-10-14(4)18-8-7-13(3)20-22(18)21(17)15(5)23(30)26(20)34-27-24(31)25(33-16(6)28)19(29)11-32-27/h9,13-14,17-19,24-25,27,29-31H,7-8,10-11H2,1-6H3/t13-,14-,17-,18+,19-,24-,25+,27+/m0/s1. The molecule has 1 aromatic carbocycles. The van der Waals surface area contributed by atoms with Crippen molar-refractivity contribution < 1.29 is 34.3 Å². The van der Waals surface area contributed by atoms with Crippen molar-refractivity contribution in [3.8, 4) is 11.5 Å². The van der Waals surface area contributed by atoms with Gasteiger partial charge in [0.05, 0.1) is 6.61 Å². The zero-order valence-electron chi connectivity index (χ0n) is 21.0. The summed E-state index contributed by atoms with van der Waals surface area (Å²) in [5, 5.41) is 32.4. The molecular weight excluding hydrogens is 436 g/mol. The predicted molar refractivity (Wildman–Crippen MR) is 127 cm³/mol. The smallest absolute Gasteiger partial charge is 0.303 e. The molecule has 0 spiro atoms. The lowest BCUT2D eigenvalue weighted by molar-refractivity contribution is -0.249. The molecule has 4 rings (SSSR count). The van der Waals surface area contributed by atoms with E-state index in [2.05, 4.69) is 33.8 Å². The summed E-state index contributed by atoms with van der Waals surface area (Å²) in [5.41, 5.74) is 5.51. The summed E-state index contributed by atoms with van der Waals surface area (Å²) < 4.78 is 16.9. The van der Waals surface area contributed by atoms with Gasteiger partial charge in [0.15, 0.2) is 23.7 Å². The highest BCUT2D eigenvalue weighted by molar-refractivity contribution is 5.66. The highest BCUT2D eigenvalue weighted by Gasteiger charge is 2.45. The summed E-state index contributed by atoms with van der Waals surface area (Å²) in [4.78, 5) is 11.5. The Balaban J connectivity index is 1.80. The Labute approximate surface area is 201 Å². The van der Waals surface area contributed by atoms with E-state index >= 15 is 0 Å². The van der Waals surface area contributed by atoms with Gasteiger partial charge in [-0.05, 0) is 74.5 Å². The zero-order chi connectivity index (χ0) is 24.9. The minimum absolute atomic E-state index is 0.0638. The molecule has 2 aliphatic carbocycles. The van der Waals surface area contributed by atoms with Gasteiger partial charge in [-0.15, -0.1) is 0 Å². The Bertz CT molecular complexity index is 980. The molecule has 0 saturated carbocycles. The second-order valence-electron chi connectivity index (χ2n) is 10.6. The van der Waals surface area contributed by atoms with E-state index < -0.39 is 30.6 Å². The molecule has 1 saturated heterocycles. The van der Waals surface area contributed by atoms with Crippen LogP contribution in [0.15, 0.2) is 11.6 Å². The highest BCUT2D eigenvalue weighted by Crippen LogP contribution is 2.58. The first-order valence-corrected chi connectivity index (χ1v) is 12.4. The van der Waals surface area contributed by atoms with Crippen LogP contribution < -0.4 is 4.74 Å². The summed E-state index contributed by atoms with van der Waals surface area (Å²) in [6.45, 7) is 11.7. The number of benzene rings is 1. The Morgan fingerprint density at radius 3 is 2.44 bits per heavy atom. The number of allylic oxidation sites excluding steroid dienone is 2. The zero-order valence-corrected chi connectivity index (χ0v) is 21.0. The molecule has 7 nitrogen and oxygen atoms in total. The first kappa shape index (κ1) is 25.0. The topological polar surface area (TPSA) is 105 Å². The van der Waals surface area contributed by atoms with Crippen LogP contribution in [-0.4, -0.2) is 52.5 Å². The van der Waals surface area contributed by atoms with E-state index in [0.717, 1.165) is 30.4 Å². The van der Waals surface area contributed by atoms with Crippen LogP contribution >= 0.6 is 0 Å². The predicted octanol–water partition coefficient (Wildman–Crippen LogP) is 4.16. The first-order chi connectivity index (χ1) is 16.0. The molecule has 1 aliphatic heterocycles. The Morgan fingerprint density at radius 2 is 1.79 bits per heavy atom. The van der Waals surface area contributed by atoms with Crippen LogP contribution in [0, 0.1) is 12.8 Å². The van der Waals surface area contributed by atoms with Crippen molar-refractivity contribution >= 4 is 5.97 Å². The molecule has 3 N–H and O–H groups in total. The quantitative estimate of drug-likeness (QED) is 0.444. The van der Waals surface area contributed by atoms with Crippen molar-refractivity contribution in [2.45, 2.75) is 103 Å². The molecular formula is C27H38O7. The van der Waals surface area contributed by atoms with Gasteiger partial charge in [-0.2, -0.15) is 0 Å².